The van der Waals surface area contributed by atoms with E-state index in [-0.39, 0.29) is 0 Å². The van der Waals surface area contributed by atoms with Gasteiger partial charge in [-0.2, -0.15) is 5.10 Å². The molecule has 86 valence electrons. The molecule has 1 aromatic rings. The molecule has 0 fully saturated rings. The first-order chi connectivity index (χ1) is 6.87. The topological polar surface area (TPSA) is 29.9 Å². The molecule has 3 heteroatoms. The molecule has 1 unspecified atom stereocenters. The van der Waals surface area contributed by atoms with Crippen LogP contribution in [0.1, 0.15) is 33.3 Å². The normalized spacial score (nSPS) is 14.2. The lowest BCUT2D eigenvalue weighted by Gasteiger charge is -2.22. The maximum atomic E-state index is 4.28. The Morgan fingerprint density at radius 3 is 2.60 bits per heavy atom. The van der Waals surface area contributed by atoms with Gasteiger partial charge in [-0.1, -0.05) is 20.8 Å². The third kappa shape index (κ3) is 4.98. The summed E-state index contributed by atoms with van der Waals surface area (Å²) < 4.78 is 2.00. The third-order valence-corrected chi connectivity index (χ3v) is 2.20. The highest BCUT2D eigenvalue weighted by molar-refractivity contribution is 4.99. The van der Waals surface area contributed by atoms with Crippen molar-refractivity contribution < 1.29 is 0 Å². The summed E-state index contributed by atoms with van der Waals surface area (Å²) in [7, 11) is 0. The Morgan fingerprint density at radius 2 is 2.13 bits per heavy atom. The molecule has 3 nitrogen and oxygen atoms in total. The second-order valence-electron chi connectivity index (χ2n) is 5.58. The molecule has 1 aromatic heterocycles. The molecular formula is C12H23N3. The molecule has 1 N–H and O–H groups in total. The molecule has 1 rings (SSSR count). The maximum Gasteiger partial charge on any atom is 0.0560 e. The first-order valence-electron chi connectivity index (χ1n) is 5.59. The standard InChI is InChI=1S/C12H23N3/c1-10-6-14-15(7-10)8-11(2)13-9-12(3,4)5/h6-7,11,13H,8-9H2,1-5H3. The molecule has 0 aliphatic carbocycles. The van der Waals surface area contributed by atoms with E-state index in [1.807, 2.05) is 10.9 Å². The fourth-order valence-electron chi connectivity index (χ4n) is 1.39. The van der Waals surface area contributed by atoms with Gasteiger partial charge >= 0.3 is 0 Å². The van der Waals surface area contributed by atoms with Gasteiger partial charge in [-0.15, -0.1) is 0 Å². The minimum absolute atomic E-state index is 0.342. The number of nitrogens with one attached hydrogen (secondary N) is 1. The van der Waals surface area contributed by atoms with Crippen LogP contribution in [0.15, 0.2) is 12.4 Å². The van der Waals surface area contributed by atoms with Gasteiger partial charge in [-0.05, 0) is 24.8 Å². The fourth-order valence-corrected chi connectivity index (χ4v) is 1.39. The predicted molar refractivity (Wildman–Crippen MR) is 63.9 cm³/mol. The van der Waals surface area contributed by atoms with Crippen molar-refractivity contribution in [2.45, 2.75) is 47.2 Å². The zero-order valence-corrected chi connectivity index (χ0v) is 10.5. The lowest BCUT2D eigenvalue weighted by Crippen LogP contribution is -2.36. The van der Waals surface area contributed by atoms with E-state index >= 15 is 0 Å². The van der Waals surface area contributed by atoms with E-state index in [1.165, 1.54) is 5.56 Å². The quantitative estimate of drug-likeness (QED) is 0.824. The molecule has 0 saturated heterocycles. The zero-order valence-electron chi connectivity index (χ0n) is 10.5. The smallest absolute Gasteiger partial charge is 0.0560 e. The SMILES string of the molecule is Cc1cnn(CC(C)NCC(C)(C)C)c1. The Labute approximate surface area is 92.9 Å². The molecule has 0 aliphatic rings. The molecule has 15 heavy (non-hydrogen) atoms. The van der Waals surface area contributed by atoms with Crippen LogP contribution in [0.5, 0.6) is 0 Å². The van der Waals surface area contributed by atoms with Crippen LogP contribution in [0.4, 0.5) is 0 Å². The summed E-state index contributed by atoms with van der Waals surface area (Å²) in [6.07, 6.45) is 3.98. The van der Waals surface area contributed by atoms with Crippen LogP contribution in [-0.4, -0.2) is 22.4 Å². The monoisotopic (exact) mass is 209 g/mol. The molecule has 0 bridgehead atoms. The first kappa shape index (κ1) is 12.2. The number of rotatable bonds is 4. The van der Waals surface area contributed by atoms with Crippen LogP contribution in [0.3, 0.4) is 0 Å². The van der Waals surface area contributed by atoms with E-state index in [0.29, 0.717) is 11.5 Å². The van der Waals surface area contributed by atoms with E-state index in [1.54, 1.807) is 0 Å². The highest BCUT2D eigenvalue weighted by Gasteiger charge is 2.11. The lowest BCUT2D eigenvalue weighted by molar-refractivity contribution is 0.339. The second kappa shape index (κ2) is 4.79. The van der Waals surface area contributed by atoms with Gasteiger partial charge in [-0.3, -0.25) is 4.68 Å². The summed E-state index contributed by atoms with van der Waals surface area (Å²) >= 11 is 0. The molecule has 1 atom stereocenters. The number of hydrogen-bond acceptors (Lipinski definition) is 2. The number of aromatic nitrogens is 2. The molecule has 0 radical (unpaired) electrons. The third-order valence-electron chi connectivity index (χ3n) is 2.20. The van der Waals surface area contributed by atoms with E-state index in [0.717, 1.165) is 13.1 Å². The van der Waals surface area contributed by atoms with Crippen molar-refractivity contribution in [2.75, 3.05) is 6.54 Å². The van der Waals surface area contributed by atoms with Gasteiger partial charge in [0, 0.05) is 18.8 Å². The highest BCUT2D eigenvalue weighted by Crippen LogP contribution is 2.10. The summed E-state index contributed by atoms with van der Waals surface area (Å²) in [5.74, 6) is 0. The van der Waals surface area contributed by atoms with Gasteiger partial charge in [0.15, 0.2) is 0 Å². The zero-order chi connectivity index (χ0) is 11.5. The lowest BCUT2D eigenvalue weighted by atomic mass is 9.97. The summed E-state index contributed by atoms with van der Waals surface area (Å²) in [6, 6.07) is 0.462. The Hall–Kier alpha value is -0.830. The Balaban J connectivity index is 2.33. The maximum absolute atomic E-state index is 4.28. The first-order valence-corrected chi connectivity index (χ1v) is 5.59. The number of nitrogens with zero attached hydrogens (tertiary/aromatic N) is 2. The van der Waals surface area contributed by atoms with Crippen LogP contribution in [0.25, 0.3) is 0 Å². The summed E-state index contributed by atoms with van der Waals surface area (Å²) in [5.41, 5.74) is 1.56. The van der Waals surface area contributed by atoms with E-state index in [2.05, 4.69) is 51.2 Å². The molecule has 0 saturated carbocycles. The van der Waals surface area contributed by atoms with Crippen molar-refractivity contribution in [1.82, 2.24) is 15.1 Å². The largest absolute Gasteiger partial charge is 0.312 e. The fraction of sp³-hybridized carbons (Fsp3) is 0.750. The van der Waals surface area contributed by atoms with Crippen molar-refractivity contribution in [3.8, 4) is 0 Å². The van der Waals surface area contributed by atoms with Crippen molar-refractivity contribution in [3.05, 3.63) is 18.0 Å². The van der Waals surface area contributed by atoms with Crippen molar-refractivity contribution >= 4 is 0 Å². The van der Waals surface area contributed by atoms with Gasteiger partial charge in [-0.25, -0.2) is 0 Å². The second-order valence-corrected chi connectivity index (χ2v) is 5.58. The Morgan fingerprint density at radius 1 is 1.47 bits per heavy atom. The molecule has 1 heterocycles. The van der Waals surface area contributed by atoms with Crippen molar-refractivity contribution in [2.24, 2.45) is 5.41 Å². The molecule has 0 spiro atoms. The summed E-state index contributed by atoms with van der Waals surface area (Å²) in [6.45, 7) is 13.0. The van der Waals surface area contributed by atoms with Crippen LogP contribution in [0, 0.1) is 12.3 Å². The summed E-state index contributed by atoms with van der Waals surface area (Å²) in [5, 5.41) is 7.80. The minimum Gasteiger partial charge on any atom is -0.312 e. The van der Waals surface area contributed by atoms with Crippen LogP contribution in [0.2, 0.25) is 0 Å². The molecule has 0 aromatic carbocycles. The molecule has 0 aliphatic heterocycles. The van der Waals surface area contributed by atoms with E-state index in [4.69, 9.17) is 0 Å². The predicted octanol–water partition coefficient (Wildman–Crippen LogP) is 2.22. The van der Waals surface area contributed by atoms with E-state index < -0.39 is 0 Å². The molecular weight excluding hydrogens is 186 g/mol. The summed E-state index contributed by atoms with van der Waals surface area (Å²) in [4.78, 5) is 0. The van der Waals surface area contributed by atoms with Gasteiger partial charge in [0.1, 0.15) is 0 Å². The van der Waals surface area contributed by atoms with Crippen LogP contribution >= 0.6 is 0 Å². The Kier molecular flexibility index (Phi) is 3.91. The van der Waals surface area contributed by atoms with Crippen LogP contribution in [-0.2, 0) is 6.54 Å². The molecule has 0 amide bonds. The average Bonchev–Trinajstić information content (AvgIpc) is 2.47. The van der Waals surface area contributed by atoms with Gasteiger partial charge in [0.05, 0.1) is 12.7 Å². The van der Waals surface area contributed by atoms with Crippen LogP contribution < -0.4 is 5.32 Å². The average molecular weight is 209 g/mol. The van der Waals surface area contributed by atoms with Crippen molar-refractivity contribution in [3.63, 3.8) is 0 Å². The Bertz CT molecular complexity index is 296. The van der Waals surface area contributed by atoms with Gasteiger partial charge in [0.25, 0.3) is 0 Å². The minimum atomic E-state index is 0.342. The number of aryl methyl sites for hydroxylation is 1. The number of hydrogen-bond donors (Lipinski definition) is 1. The van der Waals surface area contributed by atoms with Crippen molar-refractivity contribution in [1.29, 1.82) is 0 Å². The highest BCUT2D eigenvalue weighted by atomic mass is 15.3. The van der Waals surface area contributed by atoms with Gasteiger partial charge < -0.3 is 5.32 Å². The van der Waals surface area contributed by atoms with Gasteiger partial charge in [0.2, 0.25) is 0 Å². The van der Waals surface area contributed by atoms with E-state index in [9.17, 15) is 0 Å².